The van der Waals surface area contributed by atoms with Crippen molar-refractivity contribution >= 4 is 18.1 Å². The molecule has 1 aliphatic rings. The van der Waals surface area contributed by atoms with Crippen molar-refractivity contribution in [1.82, 2.24) is 9.80 Å². The molecule has 0 unspecified atom stereocenters. The average molecular weight is 355 g/mol. The lowest BCUT2D eigenvalue weighted by Gasteiger charge is -2.32. The maximum atomic E-state index is 12.7. The van der Waals surface area contributed by atoms with E-state index in [2.05, 4.69) is 4.99 Å². The van der Waals surface area contributed by atoms with E-state index in [9.17, 15) is 9.59 Å². The first kappa shape index (κ1) is 21.3. The number of likely N-dealkylation sites (tertiary alicyclic amines) is 1. The predicted octanol–water partition coefficient (Wildman–Crippen LogP) is 4.02. The van der Waals surface area contributed by atoms with Crippen LogP contribution in [0.25, 0.3) is 0 Å². The SMILES string of the molecule is CCCN(C(=O)OC(C)(C)C)/C(=N/C(=O)OC(C)(C)C)N1CCCC1. The summed E-state index contributed by atoms with van der Waals surface area (Å²) >= 11 is 0. The molecule has 7 heteroatoms. The van der Waals surface area contributed by atoms with Crippen LogP contribution in [0.1, 0.15) is 67.7 Å². The van der Waals surface area contributed by atoms with Crippen LogP contribution < -0.4 is 0 Å². The van der Waals surface area contributed by atoms with Crippen molar-refractivity contribution in [3.63, 3.8) is 0 Å². The number of carbonyl (C=O) groups is 2. The molecular formula is C18H33N3O4. The molecule has 1 fully saturated rings. The number of carbonyl (C=O) groups excluding carboxylic acids is 2. The Kier molecular flexibility index (Phi) is 7.26. The van der Waals surface area contributed by atoms with Crippen molar-refractivity contribution in [3.8, 4) is 0 Å². The number of guanidine groups is 1. The molecule has 7 nitrogen and oxygen atoms in total. The first-order valence-corrected chi connectivity index (χ1v) is 9.00. The van der Waals surface area contributed by atoms with E-state index < -0.39 is 23.4 Å². The van der Waals surface area contributed by atoms with E-state index in [1.54, 1.807) is 20.8 Å². The molecule has 1 rings (SSSR count). The molecule has 0 saturated carbocycles. The van der Waals surface area contributed by atoms with Crippen molar-refractivity contribution in [2.45, 2.75) is 78.9 Å². The summed E-state index contributed by atoms with van der Waals surface area (Å²) in [4.78, 5) is 32.4. The highest BCUT2D eigenvalue weighted by atomic mass is 16.6. The summed E-state index contributed by atoms with van der Waals surface area (Å²) in [6.45, 7) is 14.7. The van der Waals surface area contributed by atoms with Gasteiger partial charge in [0, 0.05) is 19.6 Å². The van der Waals surface area contributed by atoms with Crippen LogP contribution in [-0.4, -0.2) is 58.8 Å². The summed E-state index contributed by atoms with van der Waals surface area (Å²) in [6.07, 6.45) is 1.53. The zero-order valence-electron chi connectivity index (χ0n) is 16.7. The average Bonchev–Trinajstić information content (AvgIpc) is 2.92. The van der Waals surface area contributed by atoms with E-state index in [0.717, 1.165) is 32.4 Å². The molecule has 0 aliphatic carbocycles. The van der Waals surface area contributed by atoms with Crippen LogP contribution in [0.2, 0.25) is 0 Å². The third kappa shape index (κ3) is 7.75. The second kappa shape index (κ2) is 8.54. The van der Waals surface area contributed by atoms with Gasteiger partial charge in [-0.05, 0) is 60.8 Å². The fourth-order valence-corrected chi connectivity index (χ4v) is 2.40. The monoisotopic (exact) mass is 355 g/mol. The third-order valence-corrected chi connectivity index (χ3v) is 3.28. The van der Waals surface area contributed by atoms with Gasteiger partial charge in [-0.1, -0.05) is 6.92 Å². The highest BCUT2D eigenvalue weighted by Gasteiger charge is 2.31. The van der Waals surface area contributed by atoms with Crippen molar-refractivity contribution in [2.75, 3.05) is 19.6 Å². The Morgan fingerprint density at radius 2 is 1.52 bits per heavy atom. The van der Waals surface area contributed by atoms with Crippen LogP contribution in [0.3, 0.4) is 0 Å². The molecule has 25 heavy (non-hydrogen) atoms. The van der Waals surface area contributed by atoms with Gasteiger partial charge < -0.3 is 14.4 Å². The number of hydrogen-bond donors (Lipinski definition) is 0. The van der Waals surface area contributed by atoms with E-state index in [-0.39, 0.29) is 0 Å². The Morgan fingerprint density at radius 3 is 1.96 bits per heavy atom. The molecule has 2 amide bonds. The quantitative estimate of drug-likeness (QED) is 0.552. The normalized spacial score (nSPS) is 16.0. The fraction of sp³-hybridized carbons (Fsp3) is 0.833. The first-order valence-electron chi connectivity index (χ1n) is 9.00. The molecule has 1 aliphatic heterocycles. The summed E-state index contributed by atoms with van der Waals surface area (Å²) < 4.78 is 10.8. The van der Waals surface area contributed by atoms with Crippen LogP contribution in [0.5, 0.6) is 0 Å². The lowest BCUT2D eigenvalue weighted by Crippen LogP contribution is -2.49. The van der Waals surface area contributed by atoms with Crippen LogP contribution in [0.15, 0.2) is 4.99 Å². The molecular weight excluding hydrogens is 322 g/mol. The second-order valence-corrected chi connectivity index (χ2v) is 8.22. The maximum absolute atomic E-state index is 12.7. The highest BCUT2D eigenvalue weighted by molar-refractivity contribution is 5.99. The van der Waals surface area contributed by atoms with Crippen molar-refractivity contribution in [3.05, 3.63) is 0 Å². The predicted molar refractivity (Wildman–Crippen MR) is 97.7 cm³/mol. The standard InChI is InChI=1S/C18H33N3O4/c1-8-11-21(16(23)25-18(5,6)7)14(20-12-9-10-13-20)19-15(22)24-17(2,3)4/h8-13H2,1-7H3/b19-14+. The third-order valence-electron chi connectivity index (χ3n) is 3.28. The van der Waals surface area contributed by atoms with Crippen LogP contribution in [0, 0.1) is 0 Å². The summed E-state index contributed by atoms with van der Waals surface area (Å²) in [6, 6.07) is 0. The van der Waals surface area contributed by atoms with Gasteiger partial charge in [-0.2, -0.15) is 0 Å². The minimum Gasteiger partial charge on any atom is -0.443 e. The number of hydrogen-bond acceptors (Lipinski definition) is 4. The molecule has 0 radical (unpaired) electrons. The van der Waals surface area contributed by atoms with E-state index in [4.69, 9.17) is 9.47 Å². The number of aliphatic imine (C=N–C) groups is 1. The highest BCUT2D eigenvalue weighted by Crippen LogP contribution is 2.17. The molecule has 0 aromatic carbocycles. The Hall–Kier alpha value is -1.79. The molecule has 0 aromatic rings. The summed E-state index contributed by atoms with van der Waals surface area (Å²) in [5, 5.41) is 0. The topological polar surface area (TPSA) is 71.4 Å². The van der Waals surface area contributed by atoms with Gasteiger partial charge in [0.05, 0.1) is 0 Å². The van der Waals surface area contributed by atoms with E-state index in [1.165, 1.54) is 4.90 Å². The number of ether oxygens (including phenoxy) is 2. The molecule has 144 valence electrons. The summed E-state index contributed by atoms with van der Waals surface area (Å²) in [5.74, 6) is 0.322. The molecule has 1 heterocycles. The molecule has 0 N–H and O–H groups in total. The molecule has 0 spiro atoms. The minimum atomic E-state index is -0.695. The van der Waals surface area contributed by atoms with Gasteiger partial charge in [0.15, 0.2) is 0 Å². The van der Waals surface area contributed by atoms with Gasteiger partial charge >= 0.3 is 12.2 Å². The van der Waals surface area contributed by atoms with Gasteiger partial charge in [-0.15, -0.1) is 4.99 Å². The summed E-state index contributed by atoms with van der Waals surface area (Å²) in [5.41, 5.74) is -1.26. The maximum Gasteiger partial charge on any atom is 0.437 e. The van der Waals surface area contributed by atoms with Gasteiger partial charge in [-0.25, -0.2) is 14.5 Å². The lowest BCUT2D eigenvalue weighted by atomic mass is 10.2. The van der Waals surface area contributed by atoms with Gasteiger partial charge in [0.25, 0.3) is 0 Å². The zero-order chi connectivity index (χ0) is 19.3. The molecule has 0 atom stereocenters. The van der Waals surface area contributed by atoms with E-state index in [1.807, 2.05) is 32.6 Å². The van der Waals surface area contributed by atoms with Crippen LogP contribution in [-0.2, 0) is 9.47 Å². The fourth-order valence-electron chi connectivity index (χ4n) is 2.40. The molecule has 1 saturated heterocycles. The number of amides is 2. The smallest absolute Gasteiger partial charge is 0.437 e. The first-order chi connectivity index (χ1) is 11.4. The second-order valence-electron chi connectivity index (χ2n) is 8.22. The zero-order valence-corrected chi connectivity index (χ0v) is 16.7. The minimum absolute atomic E-state index is 0.322. The Bertz CT molecular complexity index is 497. The van der Waals surface area contributed by atoms with Gasteiger partial charge in [0.2, 0.25) is 5.96 Å². The van der Waals surface area contributed by atoms with E-state index >= 15 is 0 Å². The van der Waals surface area contributed by atoms with Gasteiger partial charge in [-0.3, -0.25) is 0 Å². The largest absolute Gasteiger partial charge is 0.443 e. The molecule has 0 aromatic heterocycles. The van der Waals surface area contributed by atoms with Gasteiger partial charge in [0.1, 0.15) is 11.2 Å². The van der Waals surface area contributed by atoms with Crippen molar-refractivity contribution in [2.24, 2.45) is 4.99 Å². The number of rotatable bonds is 2. The van der Waals surface area contributed by atoms with Crippen molar-refractivity contribution in [1.29, 1.82) is 0 Å². The van der Waals surface area contributed by atoms with Crippen LogP contribution in [0.4, 0.5) is 9.59 Å². The Balaban J connectivity index is 3.12. The lowest BCUT2D eigenvalue weighted by molar-refractivity contribution is 0.0349. The van der Waals surface area contributed by atoms with E-state index in [0.29, 0.717) is 12.5 Å². The Morgan fingerprint density at radius 1 is 1.00 bits per heavy atom. The van der Waals surface area contributed by atoms with Crippen molar-refractivity contribution < 1.29 is 19.1 Å². The Labute approximate surface area is 151 Å². The summed E-state index contributed by atoms with van der Waals surface area (Å²) in [7, 11) is 0. The van der Waals surface area contributed by atoms with Crippen LogP contribution >= 0.6 is 0 Å². The molecule has 0 bridgehead atoms. The number of nitrogens with zero attached hydrogens (tertiary/aromatic N) is 3.